The fraction of sp³-hybridized carbons (Fsp3) is 0.0577. The van der Waals surface area contributed by atoms with Gasteiger partial charge in [0.2, 0.25) is 0 Å². The van der Waals surface area contributed by atoms with Crippen molar-refractivity contribution in [3.8, 4) is 90.5 Å². The molecule has 270 valence electrons. The Kier molecular flexibility index (Phi) is 7.45. The second kappa shape index (κ2) is 12.9. The van der Waals surface area contributed by atoms with Gasteiger partial charge >= 0.3 is 0 Å². The van der Waals surface area contributed by atoms with Gasteiger partial charge in [-0.1, -0.05) is 166 Å². The van der Waals surface area contributed by atoms with Crippen molar-refractivity contribution in [3.63, 3.8) is 0 Å². The lowest BCUT2D eigenvalue weighted by atomic mass is 9.82. The summed E-state index contributed by atoms with van der Waals surface area (Å²) in [6.45, 7) is 4.55. The Hall–Kier alpha value is -7.37. The van der Waals surface area contributed by atoms with Gasteiger partial charge in [0.1, 0.15) is 0 Å². The lowest BCUT2D eigenvalue weighted by molar-refractivity contribution is 0.360. The predicted octanol–water partition coefficient (Wildman–Crippen LogP) is 13.6. The first-order valence-corrected chi connectivity index (χ1v) is 19.3. The van der Waals surface area contributed by atoms with E-state index in [4.69, 9.17) is 24.4 Å². The first-order valence-electron chi connectivity index (χ1n) is 19.3. The highest BCUT2D eigenvalue weighted by Gasteiger charge is 2.39. The zero-order valence-electron chi connectivity index (χ0n) is 31.4. The van der Waals surface area contributed by atoms with Crippen molar-refractivity contribution in [3.05, 3.63) is 187 Å². The maximum atomic E-state index is 6.75. The minimum Gasteiger partial charge on any atom is -0.449 e. The highest BCUT2D eigenvalue weighted by atomic mass is 16.6. The summed E-state index contributed by atoms with van der Waals surface area (Å²) in [7, 11) is 0. The molecule has 1 aliphatic carbocycles. The van der Waals surface area contributed by atoms with E-state index in [-0.39, 0.29) is 5.41 Å². The number of hydrogen-bond donors (Lipinski definition) is 0. The number of fused-ring (bicyclic) bond motifs is 7. The second-order valence-electron chi connectivity index (χ2n) is 15.2. The van der Waals surface area contributed by atoms with E-state index in [9.17, 15) is 0 Å². The molecule has 0 saturated carbocycles. The van der Waals surface area contributed by atoms with E-state index in [1.807, 2.05) is 48.5 Å². The molecule has 5 heteroatoms. The van der Waals surface area contributed by atoms with Crippen molar-refractivity contribution in [1.82, 2.24) is 15.0 Å². The molecule has 2 heterocycles. The van der Waals surface area contributed by atoms with Gasteiger partial charge in [0.15, 0.2) is 40.5 Å². The lowest BCUT2D eigenvalue weighted by Gasteiger charge is -2.25. The Morgan fingerprint density at radius 3 is 1.68 bits per heavy atom. The molecule has 1 aromatic heterocycles. The summed E-state index contributed by atoms with van der Waals surface area (Å²) in [6, 6.07) is 60.7. The standard InChI is InChI=1S/C52H35N3O2/c1-52(2)42-20-12-11-19-41(42)47-43(52)28-30-45-48(47)57-46-31-36(25-29-44(46)56-45)32-21-23-35(24-22-32)50-53-49(34-15-7-4-8-16-34)54-51(55-50)40-27-26-37(33-13-5-3-6-14-33)38-17-9-10-18-39(38)40/h3-31H,1-2H3. The van der Waals surface area contributed by atoms with Crippen LogP contribution in [0.25, 0.3) is 78.3 Å². The summed E-state index contributed by atoms with van der Waals surface area (Å²) in [5.74, 6) is 4.76. The van der Waals surface area contributed by atoms with E-state index in [0.29, 0.717) is 29.0 Å². The molecule has 8 aromatic carbocycles. The molecule has 0 saturated heterocycles. The Morgan fingerprint density at radius 2 is 0.930 bits per heavy atom. The third-order valence-corrected chi connectivity index (χ3v) is 11.4. The molecule has 0 unspecified atom stereocenters. The van der Waals surface area contributed by atoms with Crippen LogP contribution < -0.4 is 9.47 Å². The molecule has 0 amide bonds. The molecule has 5 nitrogen and oxygen atoms in total. The van der Waals surface area contributed by atoms with Crippen molar-refractivity contribution in [1.29, 1.82) is 0 Å². The van der Waals surface area contributed by atoms with Gasteiger partial charge in [-0.25, -0.2) is 15.0 Å². The van der Waals surface area contributed by atoms with Crippen LogP contribution in [0.15, 0.2) is 176 Å². The number of hydrogen-bond acceptors (Lipinski definition) is 5. The van der Waals surface area contributed by atoms with Crippen LogP contribution in [0.1, 0.15) is 25.0 Å². The van der Waals surface area contributed by atoms with Crippen molar-refractivity contribution in [2.75, 3.05) is 0 Å². The van der Waals surface area contributed by atoms with Crippen LogP contribution in [0, 0.1) is 0 Å². The van der Waals surface area contributed by atoms with Gasteiger partial charge < -0.3 is 9.47 Å². The zero-order valence-corrected chi connectivity index (χ0v) is 31.4. The maximum absolute atomic E-state index is 6.75. The molecule has 0 atom stereocenters. The Labute approximate surface area is 330 Å². The second-order valence-corrected chi connectivity index (χ2v) is 15.2. The summed E-state index contributed by atoms with van der Waals surface area (Å²) in [6.07, 6.45) is 0. The summed E-state index contributed by atoms with van der Waals surface area (Å²) >= 11 is 0. The van der Waals surface area contributed by atoms with Crippen molar-refractivity contribution in [2.45, 2.75) is 19.3 Å². The molecule has 0 spiro atoms. The molecular weight excluding hydrogens is 699 g/mol. The van der Waals surface area contributed by atoms with Gasteiger partial charge in [-0.05, 0) is 74.0 Å². The topological polar surface area (TPSA) is 57.1 Å². The first kappa shape index (κ1) is 33.0. The van der Waals surface area contributed by atoms with E-state index < -0.39 is 0 Å². The summed E-state index contributed by atoms with van der Waals surface area (Å²) in [5.41, 5.74) is 11.9. The van der Waals surface area contributed by atoms with E-state index in [1.54, 1.807) is 0 Å². The highest BCUT2D eigenvalue weighted by molar-refractivity contribution is 6.04. The van der Waals surface area contributed by atoms with Crippen LogP contribution in [0.3, 0.4) is 0 Å². The Morgan fingerprint density at radius 1 is 0.368 bits per heavy atom. The van der Waals surface area contributed by atoms with Gasteiger partial charge in [-0.15, -0.1) is 0 Å². The van der Waals surface area contributed by atoms with Gasteiger partial charge in [0, 0.05) is 27.7 Å². The smallest absolute Gasteiger partial charge is 0.178 e. The molecule has 0 N–H and O–H groups in total. The van der Waals surface area contributed by atoms with Gasteiger partial charge in [-0.3, -0.25) is 0 Å². The Balaban J connectivity index is 0.962. The van der Waals surface area contributed by atoms with Gasteiger partial charge in [-0.2, -0.15) is 0 Å². The van der Waals surface area contributed by atoms with Crippen LogP contribution in [0.5, 0.6) is 23.0 Å². The SMILES string of the molecule is CC1(C)c2ccccc2-c2c1ccc1c2Oc2cc(-c3ccc(-c4nc(-c5ccccc5)nc(-c5ccc(-c6ccccc6)c6ccccc56)n4)cc3)ccc2O1. The van der Waals surface area contributed by atoms with Crippen molar-refractivity contribution in [2.24, 2.45) is 0 Å². The lowest BCUT2D eigenvalue weighted by Crippen LogP contribution is -2.15. The van der Waals surface area contributed by atoms with Gasteiger partial charge in [0.25, 0.3) is 0 Å². The predicted molar refractivity (Wildman–Crippen MR) is 229 cm³/mol. The molecule has 0 radical (unpaired) electrons. The monoisotopic (exact) mass is 733 g/mol. The first-order chi connectivity index (χ1) is 28.0. The number of aromatic nitrogens is 3. The number of ether oxygens (including phenoxy) is 2. The summed E-state index contributed by atoms with van der Waals surface area (Å²) in [4.78, 5) is 15.2. The summed E-state index contributed by atoms with van der Waals surface area (Å²) in [5, 5.41) is 2.24. The van der Waals surface area contributed by atoms with E-state index in [0.717, 1.165) is 55.7 Å². The van der Waals surface area contributed by atoms with Crippen molar-refractivity contribution < 1.29 is 9.47 Å². The van der Waals surface area contributed by atoms with Gasteiger partial charge in [0.05, 0.1) is 0 Å². The minimum absolute atomic E-state index is 0.129. The van der Waals surface area contributed by atoms with Crippen LogP contribution in [0.4, 0.5) is 0 Å². The van der Waals surface area contributed by atoms with E-state index in [2.05, 4.69) is 141 Å². The van der Waals surface area contributed by atoms with Crippen LogP contribution in [-0.2, 0) is 5.41 Å². The Bertz CT molecular complexity index is 3030. The van der Waals surface area contributed by atoms with E-state index >= 15 is 0 Å². The third kappa shape index (κ3) is 5.42. The molecule has 9 aromatic rings. The molecular formula is C52H35N3O2. The highest BCUT2D eigenvalue weighted by Crippen LogP contribution is 2.58. The minimum atomic E-state index is -0.129. The maximum Gasteiger partial charge on any atom is 0.178 e. The molecule has 57 heavy (non-hydrogen) atoms. The number of rotatable bonds is 5. The zero-order chi connectivity index (χ0) is 38.1. The quantitative estimate of drug-likeness (QED) is 0.176. The fourth-order valence-electron chi connectivity index (χ4n) is 8.52. The van der Waals surface area contributed by atoms with E-state index in [1.165, 1.54) is 27.8 Å². The van der Waals surface area contributed by atoms with Crippen LogP contribution in [-0.4, -0.2) is 15.0 Å². The van der Waals surface area contributed by atoms with Crippen molar-refractivity contribution >= 4 is 10.8 Å². The van der Waals surface area contributed by atoms with Crippen LogP contribution >= 0.6 is 0 Å². The largest absolute Gasteiger partial charge is 0.449 e. The van der Waals surface area contributed by atoms with Crippen LogP contribution in [0.2, 0.25) is 0 Å². The molecule has 1 aliphatic heterocycles. The molecule has 2 aliphatic rings. The fourth-order valence-corrected chi connectivity index (χ4v) is 8.52. The number of nitrogens with zero attached hydrogens (tertiary/aromatic N) is 3. The number of benzene rings is 8. The molecule has 0 bridgehead atoms. The molecule has 0 fully saturated rings. The molecule has 11 rings (SSSR count). The average molecular weight is 734 g/mol. The summed E-state index contributed by atoms with van der Waals surface area (Å²) < 4.78 is 13.2. The normalized spacial score (nSPS) is 13.2. The third-order valence-electron chi connectivity index (χ3n) is 11.4. The average Bonchev–Trinajstić information content (AvgIpc) is 3.51.